The lowest BCUT2D eigenvalue weighted by atomic mass is 9.91. The van der Waals surface area contributed by atoms with Gasteiger partial charge in [0, 0.05) is 0 Å². The first-order valence-electron chi connectivity index (χ1n) is 5.56. The molecule has 0 aliphatic carbocycles. The smallest absolute Gasteiger partial charge is 0.153 e. The molecule has 0 bridgehead atoms. The molecule has 1 aromatic carbocycles. The van der Waals surface area contributed by atoms with Gasteiger partial charge in [0.2, 0.25) is 0 Å². The predicted molar refractivity (Wildman–Crippen MR) is 66.7 cm³/mol. The molecule has 1 saturated heterocycles. The highest BCUT2D eigenvalue weighted by molar-refractivity contribution is 7.91. The minimum Gasteiger partial charge on any atom is -0.496 e. The van der Waals surface area contributed by atoms with E-state index in [1.165, 1.54) is 14.2 Å². The van der Waals surface area contributed by atoms with E-state index in [0.717, 1.165) is 0 Å². The number of aliphatic hydroxyl groups is 1. The van der Waals surface area contributed by atoms with E-state index in [0.29, 0.717) is 17.1 Å². The highest BCUT2D eigenvalue weighted by atomic mass is 32.2. The lowest BCUT2D eigenvalue weighted by molar-refractivity contribution is 0.0597. The van der Waals surface area contributed by atoms with Gasteiger partial charge in [0.1, 0.15) is 17.1 Å². The van der Waals surface area contributed by atoms with Crippen LogP contribution in [0.1, 0.15) is 12.0 Å². The molecular formula is C12H16O5S. The summed E-state index contributed by atoms with van der Waals surface area (Å²) in [6.07, 6.45) is 0.159. The van der Waals surface area contributed by atoms with Crippen molar-refractivity contribution in [3.05, 3.63) is 23.8 Å². The second-order valence-corrected chi connectivity index (χ2v) is 6.60. The number of ether oxygens (including phenoxy) is 2. The monoisotopic (exact) mass is 272 g/mol. The van der Waals surface area contributed by atoms with Crippen LogP contribution in [-0.4, -0.2) is 39.2 Å². The molecule has 1 aliphatic heterocycles. The zero-order valence-electron chi connectivity index (χ0n) is 10.3. The lowest BCUT2D eigenvalue weighted by Gasteiger charge is -2.25. The summed E-state index contributed by atoms with van der Waals surface area (Å²) in [4.78, 5) is 0. The SMILES string of the molecule is COc1cccc(OC)c1C1(O)CCS(=O)(=O)C1. The molecule has 0 amide bonds. The number of hydrogen-bond acceptors (Lipinski definition) is 5. The van der Waals surface area contributed by atoms with Gasteiger partial charge in [0.15, 0.2) is 9.84 Å². The van der Waals surface area contributed by atoms with Crippen molar-refractivity contribution in [3.8, 4) is 11.5 Å². The van der Waals surface area contributed by atoms with E-state index in [9.17, 15) is 13.5 Å². The molecule has 0 aromatic heterocycles. The molecule has 1 fully saturated rings. The minimum absolute atomic E-state index is 0.0231. The van der Waals surface area contributed by atoms with E-state index in [1.54, 1.807) is 18.2 Å². The fourth-order valence-corrected chi connectivity index (χ4v) is 4.15. The Morgan fingerprint density at radius 1 is 1.22 bits per heavy atom. The molecule has 100 valence electrons. The summed E-state index contributed by atoms with van der Waals surface area (Å²) in [6.45, 7) is 0. The minimum atomic E-state index is -3.21. The first-order chi connectivity index (χ1) is 8.42. The first kappa shape index (κ1) is 13.2. The van der Waals surface area contributed by atoms with Gasteiger partial charge in [-0.1, -0.05) is 6.07 Å². The molecule has 1 heterocycles. The third-order valence-electron chi connectivity index (χ3n) is 3.18. The summed E-state index contributed by atoms with van der Waals surface area (Å²) in [5.74, 6) is 0.560. The molecule has 1 aromatic rings. The van der Waals surface area contributed by atoms with Crippen molar-refractivity contribution in [2.75, 3.05) is 25.7 Å². The van der Waals surface area contributed by atoms with E-state index in [1.807, 2.05) is 0 Å². The van der Waals surface area contributed by atoms with E-state index in [4.69, 9.17) is 9.47 Å². The van der Waals surface area contributed by atoms with Gasteiger partial charge in [0.05, 0.1) is 31.3 Å². The number of hydrogen-bond donors (Lipinski definition) is 1. The van der Waals surface area contributed by atoms with Crippen LogP contribution in [0, 0.1) is 0 Å². The molecule has 5 nitrogen and oxygen atoms in total. The van der Waals surface area contributed by atoms with Gasteiger partial charge in [-0.05, 0) is 18.6 Å². The summed E-state index contributed by atoms with van der Waals surface area (Å²) in [5, 5.41) is 10.6. The average molecular weight is 272 g/mol. The lowest BCUT2D eigenvalue weighted by Crippen LogP contribution is -2.28. The molecule has 1 atom stereocenters. The highest BCUT2D eigenvalue weighted by Gasteiger charge is 2.45. The molecule has 18 heavy (non-hydrogen) atoms. The largest absolute Gasteiger partial charge is 0.496 e. The number of rotatable bonds is 3. The zero-order chi connectivity index (χ0) is 13.4. The maximum Gasteiger partial charge on any atom is 0.153 e. The standard InChI is InChI=1S/C12H16O5S/c1-16-9-4-3-5-10(17-2)11(9)12(13)6-7-18(14,15)8-12/h3-5,13H,6-8H2,1-2H3. The van der Waals surface area contributed by atoms with Crippen molar-refractivity contribution in [2.45, 2.75) is 12.0 Å². The average Bonchev–Trinajstić information content (AvgIpc) is 2.63. The molecule has 1 unspecified atom stereocenters. The third kappa shape index (κ3) is 2.18. The molecule has 2 rings (SSSR count). The summed E-state index contributed by atoms with van der Waals surface area (Å²) in [6, 6.07) is 5.09. The van der Waals surface area contributed by atoms with Crippen LogP contribution < -0.4 is 9.47 Å². The topological polar surface area (TPSA) is 72.8 Å². The van der Waals surface area contributed by atoms with Crippen LogP contribution >= 0.6 is 0 Å². The van der Waals surface area contributed by atoms with Crippen LogP contribution in [0.25, 0.3) is 0 Å². The first-order valence-corrected chi connectivity index (χ1v) is 7.38. The van der Waals surface area contributed by atoms with Crippen molar-refractivity contribution < 1.29 is 23.0 Å². The Kier molecular flexibility index (Phi) is 3.25. The molecule has 0 saturated carbocycles. The van der Waals surface area contributed by atoms with E-state index in [2.05, 4.69) is 0 Å². The Hall–Kier alpha value is -1.27. The zero-order valence-corrected chi connectivity index (χ0v) is 11.2. The van der Waals surface area contributed by atoms with Crippen molar-refractivity contribution in [2.24, 2.45) is 0 Å². The predicted octanol–water partition coefficient (Wildman–Crippen LogP) is 0.710. The molecule has 6 heteroatoms. The maximum absolute atomic E-state index is 11.6. The Bertz CT molecular complexity index is 529. The van der Waals surface area contributed by atoms with Gasteiger partial charge in [-0.25, -0.2) is 8.42 Å². The van der Waals surface area contributed by atoms with Crippen LogP contribution in [0.4, 0.5) is 0 Å². The quantitative estimate of drug-likeness (QED) is 0.877. The fraction of sp³-hybridized carbons (Fsp3) is 0.500. The molecule has 1 aliphatic rings. The van der Waals surface area contributed by atoms with E-state index >= 15 is 0 Å². The second-order valence-electron chi connectivity index (χ2n) is 4.41. The Labute approximate surface area is 106 Å². The second kappa shape index (κ2) is 4.44. The number of methoxy groups -OCH3 is 2. The van der Waals surface area contributed by atoms with Crippen molar-refractivity contribution in [1.82, 2.24) is 0 Å². The van der Waals surface area contributed by atoms with Crippen LogP contribution in [-0.2, 0) is 15.4 Å². The van der Waals surface area contributed by atoms with Gasteiger partial charge in [-0.15, -0.1) is 0 Å². The summed E-state index contributed by atoms with van der Waals surface area (Å²) in [5.41, 5.74) is -1.02. The van der Waals surface area contributed by atoms with E-state index < -0.39 is 15.4 Å². The number of sulfone groups is 1. The van der Waals surface area contributed by atoms with Crippen LogP contribution in [0.3, 0.4) is 0 Å². The van der Waals surface area contributed by atoms with Crippen molar-refractivity contribution in [3.63, 3.8) is 0 Å². The molecule has 1 N–H and O–H groups in total. The molecule has 0 spiro atoms. The highest BCUT2D eigenvalue weighted by Crippen LogP contribution is 2.43. The fourth-order valence-electron chi connectivity index (χ4n) is 2.34. The maximum atomic E-state index is 11.6. The summed E-state index contributed by atoms with van der Waals surface area (Å²) < 4.78 is 33.6. The Balaban J connectivity index is 2.56. The van der Waals surface area contributed by atoms with E-state index in [-0.39, 0.29) is 17.9 Å². The Morgan fingerprint density at radius 3 is 2.17 bits per heavy atom. The van der Waals surface area contributed by atoms with Crippen LogP contribution in [0.15, 0.2) is 18.2 Å². The Morgan fingerprint density at radius 2 is 1.78 bits per heavy atom. The van der Waals surface area contributed by atoms with Crippen molar-refractivity contribution >= 4 is 9.84 Å². The molecular weight excluding hydrogens is 256 g/mol. The summed E-state index contributed by atoms with van der Waals surface area (Å²) in [7, 11) is -0.259. The molecule has 0 radical (unpaired) electrons. The van der Waals surface area contributed by atoms with Crippen LogP contribution in [0.2, 0.25) is 0 Å². The van der Waals surface area contributed by atoms with Gasteiger partial charge in [0.25, 0.3) is 0 Å². The third-order valence-corrected chi connectivity index (χ3v) is 4.92. The normalized spacial score (nSPS) is 25.9. The van der Waals surface area contributed by atoms with Crippen molar-refractivity contribution in [1.29, 1.82) is 0 Å². The van der Waals surface area contributed by atoms with Gasteiger partial charge in [-0.3, -0.25) is 0 Å². The summed E-state index contributed by atoms with van der Waals surface area (Å²) >= 11 is 0. The van der Waals surface area contributed by atoms with Crippen LogP contribution in [0.5, 0.6) is 11.5 Å². The van der Waals surface area contributed by atoms with Gasteiger partial charge < -0.3 is 14.6 Å². The number of benzene rings is 1. The van der Waals surface area contributed by atoms with Gasteiger partial charge >= 0.3 is 0 Å². The van der Waals surface area contributed by atoms with Gasteiger partial charge in [-0.2, -0.15) is 0 Å².